The van der Waals surface area contributed by atoms with Crippen molar-refractivity contribution in [2.45, 2.75) is 19.9 Å². The first-order valence-corrected chi connectivity index (χ1v) is 11.7. The van der Waals surface area contributed by atoms with Gasteiger partial charge in [-0.25, -0.2) is 4.98 Å². The minimum Gasteiger partial charge on any atom is -0.493 e. The number of carbonyl (C=O) groups excluding carboxylic acids is 2. The maximum Gasteiger partial charge on any atom is 0.274 e. The second-order valence-electron chi connectivity index (χ2n) is 8.36. The van der Waals surface area contributed by atoms with Gasteiger partial charge in [-0.2, -0.15) is 5.10 Å². The molecule has 36 heavy (non-hydrogen) atoms. The van der Waals surface area contributed by atoms with Gasteiger partial charge in [-0.3, -0.25) is 18.7 Å². The lowest BCUT2D eigenvalue weighted by Gasteiger charge is -2.09. The number of amides is 2. The number of ether oxygens (including phenoxy) is 1. The highest BCUT2D eigenvalue weighted by Crippen LogP contribution is 2.25. The Balaban J connectivity index is 1.38. The van der Waals surface area contributed by atoms with E-state index in [2.05, 4.69) is 20.7 Å². The van der Waals surface area contributed by atoms with Gasteiger partial charge in [-0.1, -0.05) is 25.1 Å². The van der Waals surface area contributed by atoms with Gasteiger partial charge in [0, 0.05) is 30.3 Å². The maximum absolute atomic E-state index is 13.1. The number of hydrogen-bond acceptors (Lipinski definition) is 5. The number of nitrogens with zero attached hydrogens (tertiary/aromatic N) is 4. The van der Waals surface area contributed by atoms with E-state index in [1.54, 1.807) is 36.1 Å². The summed E-state index contributed by atoms with van der Waals surface area (Å²) in [5.41, 5.74) is 4.12. The molecule has 0 saturated carbocycles. The molecule has 9 heteroatoms. The number of aromatic nitrogens is 4. The Labute approximate surface area is 207 Å². The van der Waals surface area contributed by atoms with E-state index in [-0.39, 0.29) is 11.8 Å². The molecule has 0 saturated heterocycles. The van der Waals surface area contributed by atoms with Crippen molar-refractivity contribution in [2.75, 3.05) is 19.0 Å². The van der Waals surface area contributed by atoms with Crippen molar-refractivity contribution in [1.29, 1.82) is 0 Å². The average Bonchev–Trinajstić information content (AvgIpc) is 3.52. The third-order valence-electron chi connectivity index (χ3n) is 5.87. The van der Waals surface area contributed by atoms with E-state index < -0.39 is 0 Å². The summed E-state index contributed by atoms with van der Waals surface area (Å²) in [4.78, 5) is 29.5. The predicted molar refractivity (Wildman–Crippen MR) is 138 cm³/mol. The van der Waals surface area contributed by atoms with Crippen LogP contribution in [0.2, 0.25) is 0 Å². The lowest BCUT2D eigenvalue weighted by atomic mass is 10.1. The van der Waals surface area contributed by atoms with Gasteiger partial charge >= 0.3 is 0 Å². The van der Waals surface area contributed by atoms with Crippen LogP contribution >= 0.6 is 0 Å². The zero-order valence-electron chi connectivity index (χ0n) is 20.1. The molecule has 0 unspecified atom stereocenters. The largest absolute Gasteiger partial charge is 0.493 e. The molecule has 2 aromatic carbocycles. The van der Waals surface area contributed by atoms with Crippen LogP contribution in [0.5, 0.6) is 5.75 Å². The van der Waals surface area contributed by atoms with Crippen LogP contribution in [0.15, 0.2) is 73.2 Å². The number of carbonyl (C=O) groups is 2. The summed E-state index contributed by atoms with van der Waals surface area (Å²) in [6.07, 6.45) is 5.99. The maximum atomic E-state index is 13.1. The standard InChI is InChI=1S/C27H26N6O3/c1-3-12-36-20-10-11-32-24(16-29-25(32)14-20)27(35)31-22-8-5-9-23-21(22)15-30-33(23)17-18-6-4-7-19(13-18)26(34)28-2/h4-11,13-16H,3,12,17H2,1-2H3,(H,28,34)(H,31,35). The van der Waals surface area contributed by atoms with Crippen LogP contribution in [0, 0.1) is 0 Å². The fourth-order valence-corrected chi connectivity index (χ4v) is 4.09. The molecule has 9 nitrogen and oxygen atoms in total. The monoisotopic (exact) mass is 482 g/mol. The molecule has 0 spiro atoms. The number of benzene rings is 2. The Kier molecular flexibility index (Phi) is 6.36. The summed E-state index contributed by atoms with van der Waals surface area (Å²) < 4.78 is 9.24. The topological polar surface area (TPSA) is 103 Å². The van der Waals surface area contributed by atoms with Gasteiger partial charge in [0.15, 0.2) is 0 Å². The fraction of sp³-hybridized carbons (Fsp3) is 0.185. The van der Waals surface area contributed by atoms with E-state index in [9.17, 15) is 9.59 Å². The van der Waals surface area contributed by atoms with Crippen molar-refractivity contribution in [3.8, 4) is 5.75 Å². The SMILES string of the molecule is CCCOc1ccn2c(C(=O)Nc3cccc4c3cnn4Cc3cccc(C(=O)NC)c3)cnc2c1. The quantitative estimate of drug-likeness (QED) is 0.346. The summed E-state index contributed by atoms with van der Waals surface area (Å²) in [6.45, 7) is 3.16. The van der Waals surface area contributed by atoms with Crippen LogP contribution in [-0.2, 0) is 6.54 Å². The Morgan fingerprint density at radius 2 is 1.89 bits per heavy atom. The van der Waals surface area contributed by atoms with E-state index >= 15 is 0 Å². The lowest BCUT2D eigenvalue weighted by molar-refractivity contribution is 0.0962. The van der Waals surface area contributed by atoms with Crippen molar-refractivity contribution in [2.24, 2.45) is 0 Å². The first-order valence-electron chi connectivity index (χ1n) is 11.7. The Bertz CT molecular complexity index is 1570. The van der Waals surface area contributed by atoms with E-state index in [4.69, 9.17) is 4.74 Å². The molecule has 0 radical (unpaired) electrons. The number of rotatable bonds is 8. The number of nitrogens with one attached hydrogen (secondary N) is 2. The van der Waals surface area contributed by atoms with Gasteiger partial charge < -0.3 is 15.4 Å². The van der Waals surface area contributed by atoms with E-state index in [1.807, 2.05) is 60.1 Å². The molecular weight excluding hydrogens is 456 g/mol. The Hall–Kier alpha value is -4.66. The van der Waals surface area contributed by atoms with Gasteiger partial charge in [0.05, 0.1) is 36.7 Å². The summed E-state index contributed by atoms with van der Waals surface area (Å²) in [5, 5.41) is 11.0. The zero-order chi connectivity index (χ0) is 25.1. The third-order valence-corrected chi connectivity index (χ3v) is 5.87. The molecule has 2 amide bonds. The first kappa shape index (κ1) is 23.1. The summed E-state index contributed by atoms with van der Waals surface area (Å²) >= 11 is 0. The molecule has 5 rings (SSSR count). The molecule has 0 bridgehead atoms. The van der Waals surface area contributed by atoms with E-state index in [0.29, 0.717) is 35.7 Å². The number of imidazole rings is 1. The third kappa shape index (κ3) is 4.50. The molecule has 0 aliphatic carbocycles. The molecular formula is C27H26N6O3. The Morgan fingerprint density at radius 1 is 1.03 bits per heavy atom. The Morgan fingerprint density at radius 3 is 2.72 bits per heavy atom. The lowest BCUT2D eigenvalue weighted by Crippen LogP contribution is -2.18. The predicted octanol–water partition coefficient (Wildman–Crippen LogP) is 4.13. The van der Waals surface area contributed by atoms with Crippen LogP contribution in [-0.4, -0.2) is 44.6 Å². The number of hydrogen-bond donors (Lipinski definition) is 2. The van der Waals surface area contributed by atoms with Crippen LogP contribution in [0.3, 0.4) is 0 Å². The minimum absolute atomic E-state index is 0.135. The zero-order valence-corrected chi connectivity index (χ0v) is 20.1. The first-order chi connectivity index (χ1) is 17.6. The summed E-state index contributed by atoms with van der Waals surface area (Å²) in [6, 6.07) is 16.7. The molecule has 0 aliphatic heterocycles. The van der Waals surface area contributed by atoms with Crippen molar-refractivity contribution < 1.29 is 14.3 Å². The van der Waals surface area contributed by atoms with Crippen molar-refractivity contribution >= 4 is 34.1 Å². The number of pyridine rings is 1. The van der Waals surface area contributed by atoms with Gasteiger partial charge in [-0.05, 0) is 42.3 Å². The molecule has 2 N–H and O–H groups in total. The summed E-state index contributed by atoms with van der Waals surface area (Å²) in [7, 11) is 1.61. The van der Waals surface area contributed by atoms with Crippen LogP contribution < -0.4 is 15.4 Å². The molecule has 0 atom stereocenters. The van der Waals surface area contributed by atoms with Crippen molar-refractivity contribution in [3.63, 3.8) is 0 Å². The van der Waals surface area contributed by atoms with Gasteiger partial charge in [-0.15, -0.1) is 0 Å². The smallest absolute Gasteiger partial charge is 0.274 e. The highest BCUT2D eigenvalue weighted by Gasteiger charge is 2.16. The van der Waals surface area contributed by atoms with Crippen LogP contribution in [0.4, 0.5) is 5.69 Å². The molecule has 182 valence electrons. The highest BCUT2D eigenvalue weighted by atomic mass is 16.5. The molecule has 3 heterocycles. The molecule has 0 fully saturated rings. The van der Waals surface area contributed by atoms with Crippen LogP contribution in [0.1, 0.15) is 39.8 Å². The van der Waals surface area contributed by atoms with Crippen LogP contribution in [0.25, 0.3) is 16.6 Å². The second-order valence-corrected chi connectivity index (χ2v) is 8.36. The minimum atomic E-state index is -0.275. The second kappa shape index (κ2) is 9.91. The normalized spacial score (nSPS) is 11.1. The fourth-order valence-electron chi connectivity index (χ4n) is 4.09. The molecule has 3 aromatic heterocycles. The van der Waals surface area contributed by atoms with E-state index in [1.165, 1.54) is 0 Å². The highest BCUT2D eigenvalue weighted by molar-refractivity contribution is 6.08. The van der Waals surface area contributed by atoms with E-state index in [0.717, 1.165) is 28.6 Å². The van der Waals surface area contributed by atoms with Gasteiger partial charge in [0.2, 0.25) is 0 Å². The molecule has 0 aliphatic rings. The van der Waals surface area contributed by atoms with Gasteiger partial charge in [0.25, 0.3) is 11.8 Å². The number of anilines is 1. The summed E-state index contributed by atoms with van der Waals surface area (Å²) in [5.74, 6) is 0.312. The number of fused-ring (bicyclic) bond motifs is 2. The average molecular weight is 483 g/mol. The van der Waals surface area contributed by atoms with Crippen molar-refractivity contribution in [3.05, 3.63) is 90.0 Å². The van der Waals surface area contributed by atoms with Gasteiger partial charge in [0.1, 0.15) is 17.1 Å². The van der Waals surface area contributed by atoms with Crippen molar-refractivity contribution in [1.82, 2.24) is 24.5 Å². The molecule has 5 aromatic rings.